The second-order valence-corrected chi connectivity index (χ2v) is 11.6. The molecule has 1 saturated carbocycles. The van der Waals surface area contributed by atoms with Gasteiger partial charge >= 0.3 is 0 Å². The predicted octanol–water partition coefficient (Wildman–Crippen LogP) is 7.28. The topological polar surface area (TPSA) is 91.5 Å². The van der Waals surface area contributed by atoms with Gasteiger partial charge in [0.05, 0.1) is 11.9 Å². The Morgan fingerprint density at radius 3 is 2.55 bits per heavy atom. The van der Waals surface area contributed by atoms with E-state index in [0.717, 1.165) is 48.7 Å². The summed E-state index contributed by atoms with van der Waals surface area (Å²) in [5.74, 6) is 2.39. The minimum absolute atomic E-state index is 0.00981. The van der Waals surface area contributed by atoms with Gasteiger partial charge in [-0.2, -0.15) is 0 Å². The molecule has 0 heterocycles. The van der Waals surface area contributed by atoms with E-state index in [2.05, 4.69) is 54.0 Å². The molecular formula is C35H54FN5O. The molecule has 232 valence electrons. The lowest BCUT2D eigenvalue weighted by Crippen LogP contribution is -2.38. The quantitative estimate of drug-likeness (QED) is 0.0989. The first-order chi connectivity index (χ1) is 20.1. The highest BCUT2D eigenvalue weighted by atomic mass is 19.1. The van der Waals surface area contributed by atoms with Crippen molar-refractivity contribution in [3.8, 4) is 0 Å². The molecule has 0 spiro atoms. The minimum Gasteiger partial charge on any atom is -0.369 e. The van der Waals surface area contributed by atoms with E-state index in [4.69, 9.17) is 5.73 Å². The van der Waals surface area contributed by atoms with Gasteiger partial charge in [0.1, 0.15) is 11.6 Å². The van der Waals surface area contributed by atoms with E-state index in [1.807, 2.05) is 44.2 Å². The summed E-state index contributed by atoms with van der Waals surface area (Å²) in [7, 11) is 0. The number of rotatable bonds is 14. The third-order valence-corrected chi connectivity index (χ3v) is 7.89. The van der Waals surface area contributed by atoms with Crippen LogP contribution >= 0.6 is 0 Å². The molecule has 5 N–H and O–H groups in total. The molecule has 42 heavy (non-hydrogen) atoms. The number of amides is 1. The number of nitrogens with zero attached hydrogens (tertiary/aromatic N) is 1. The van der Waals surface area contributed by atoms with Crippen LogP contribution in [-0.2, 0) is 4.79 Å². The Morgan fingerprint density at radius 1 is 1.19 bits per heavy atom. The van der Waals surface area contributed by atoms with Crippen LogP contribution in [-0.4, -0.2) is 30.9 Å². The van der Waals surface area contributed by atoms with Crippen LogP contribution in [0.15, 0.2) is 89.2 Å². The van der Waals surface area contributed by atoms with Gasteiger partial charge in [0.2, 0.25) is 5.91 Å². The molecular weight excluding hydrogens is 525 g/mol. The number of allylic oxidation sites excluding steroid dienone is 10. The monoisotopic (exact) mass is 579 g/mol. The summed E-state index contributed by atoms with van der Waals surface area (Å²) in [4.78, 5) is 17.6. The molecule has 6 nitrogen and oxygen atoms in total. The number of hydrogen-bond donors (Lipinski definition) is 4. The maximum Gasteiger partial charge on any atom is 0.224 e. The molecule has 3 rings (SSSR count). The van der Waals surface area contributed by atoms with Crippen molar-refractivity contribution in [3.63, 3.8) is 0 Å². The number of carbonyl (C=O) groups excluding carboxylic acids is 1. The van der Waals surface area contributed by atoms with Crippen molar-refractivity contribution in [1.82, 2.24) is 16.0 Å². The van der Waals surface area contributed by atoms with E-state index < -0.39 is 0 Å². The largest absolute Gasteiger partial charge is 0.369 e. The molecule has 0 saturated heterocycles. The Kier molecular flexibility index (Phi) is 16.1. The zero-order valence-corrected chi connectivity index (χ0v) is 26.4. The maximum absolute atomic E-state index is 12.9. The lowest BCUT2D eigenvalue weighted by atomic mass is 9.89. The number of nitrogens with two attached hydrogens (primary N) is 1. The van der Waals surface area contributed by atoms with Gasteiger partial charge < -0.3 is 21.7 Å². The fraction of sp³-hybridized carbons (Fsp3) is 0.543. The molecule has 4 unspecified atom stereocenters. The lowest BCUT2D eigenvalue weighted by Gasteiger charge is -2.20. The number of hydrogen-bond acceptors (Lipinski definition) is 5. The molecule has 3 aliphatic rings. The Morgan fingerprint density at radius 2 is 1.95 bits per heavy atom. The second-order valence-electron chi connectivity index (χ2n) is 11.6. The van der Waals surface area contributed by atoms with Gasteiger partial charge in [0, 0.05) is 37.2 Å². The molecule has 7 heteroatoms. The van der Waals surface area contributed by atoms with Crippen molar-refractivity contribution >= 4 is 11.6 Å². The number of nitrogens with one attached hydrogen (secondary N) is 3. The molecule has 1 amide bonds. The number of halogens is 1. The van der Waals surface area contributed by atoms with E-state index in [1.54, 1.807) is 6.08 Å². The molecule has 0 bridgehead atoms. The van der Waals surface area contributed by atoms with Crippen molar-refractivity contribution in [2.24, 2.45) is 28.5 Å². The van der Waals surface area contributed by atoms with Gasteiger partial charge in [-0.15, -0.1) is 6.58 Å². The summed E-state index contributed by atoms with van der Waals surface area (Å²) in [5, 5.41) is 9.48. The summed E-state index contributed by atoms with van der Waals surface area (Å²) >= 11 is 0. The van der Waals surface area contributed by atoms with Gasteiger partial charge in [-0.25, -0.2) is 9.38 Å². The summed E-state index contributed by atoms with van der Waals surface area (Å²) in [6.45, 7) is 17.7. The van der Waals surface area contributed by atoms with Crippen LogP contribution in [0.25, 0.3) is 0 Å². The van der Waals surface area contributed by atoms with Crippen molar-refractivity contribution in [2.75, 3.05) is 13.1 Å². The molecule has 1 fully saturated rings. The summed E-state index contributed by atoms with van der Waals surface area (Å²) in [6.07, 6.45) is 22.2. The van der Waals surface area contributed by atoms with E-state index in [0.29, 0.717) is 31.1 Å². The fourth-order valence-corrected chi connectivity index (χ4v) is 5.48. The van der Waals surface area contributed by atoms with Crippen molar-refractivity contribution in [2.45, 2.75) is 91.6 Å². The van der Waals surface area contributed by atoms with E-state index in [9.17, 15) is 9.18 Å². The first kappa shape index (κ1) is 35.2. The smallest absolute Gasteiger partial charge is 0.224 e. The molecule has 0 aliphatic heterocycles. The average Bonchev–Trinajstić information content (AvgIpc) is 3.42. The van der Waals surface area contributed by atoms with Crippen molar-refractivity contribution in [1.29, 1.82) is 0 Å². The Bertz CT molecular complexity index is 1080. The van der Waals surface area contributed by atoms with Crippen LogP contribution in [0.4, 0.5) is 4.39 Å². The van der Waals surface area contributed by atoms with Crippen LogP contribution in [0.1, 0.15) is 85.5 Å². The molecule has 0 aromatic rings. The van der Waals surface area contributed by atoms with E-state index in [-0.39, 0.29) is 23.8 Å². The Balaban J connectivity index is 0.000000661. The van der Waals surface area contributed by atoms with E-state index in [1.165, 1.54) is 31.3 Å². The predicted molar refractivity (Wildman–Crippen MR) is 176 cm³/mol. The van der Waals surface area contributed by atoms with Gasteiger partial charge in [-0.1, -0.05) is 69.6 Å². The van der Waals surface area contributed by atoms with Crippen molar-refractivity contribution < 1.29 is 9.18 Å². The van der Waals surface area contributed by atoms with Gasteiger partial charge in [0.15, 0.2) is 0 Å². The first-order valence-electron chi connectivity index (χ1n) is 15.7. The van der Waals surface area contributed by atoms with Crippen LogP contribution < -0.4 is 21.7 Å². The second kappa shape index (κ2) is 19.2. The molecule has 4 atom stereocenters. The van der Waals surface area contributed by atoms with Gasteiger partial charge in [-0.05, 0) is 75.5 Å². The highest BCUT2D eigenvalue weighted by Gasteiger charge is 2.26. The number of carbonyl (C=O) groups is 1. The standard InChI is InChI=1S/C28H45N5O.C7H9F/c1-6-10-25-26(32-21(5)31-16-15-30-20(4)29)11-9-12-27(25)33-28(34)19-23(8-3)18-24-14-13-22(7-2)17-24;1-6-2-4-7(8)5-3-6/h8-12,20,22-24,30-31H,3,5-7,13-19,29H2,1-2,4H3,(H,33,34);2,4H,3,5H2,1H3/b25-10+,32-26-;. The van der Waals surface area contributed by atoms with Crippen LogP contribution in [0.3, 0.4) is 0 Å². The first-order valence-corrected chi connectivity index (χ1v) is 15.7. The van der Waals surface area contributed by atoms with Crippen LogP contribution in [0.2, 0.25) is 0 Å². The zero-order valence-electron chi connectivity index (χ0n) is 26.4. The molecule has 3 aliphatic carbocycles. The fourth-order valence-electron chi connectivity index (χ4n) is 5.48. The van der Waals surface area contributed by atoms with Crippen LogP contribution in [0, 0.1) is 17.8 Å². The highest BCUT2D eigenvalue weighted by Crippen LogP contribution is 2.37. The minimum atomic E-state index is -0.0508. The Hall–Kier alpha value is -3.03. The Labute approximate surface area is 254 Å². The van der Waals surface area contributed by atoms with Gasteiger partial charge in [0.25, 0.3) is 0 Å². The molecule has 0 radical (unpaired) electrons. The van der Waals surface area contributed by atoms with E-state index >= 15 is 0 Å². The molecule has 0 aromatic heterocycles. The maximum atomic E-state index is 12.9. The number of aliphatic imine (C=N–C) groups is 1. The zero-order chi connectivity index (χ0) is 30.9. The van der Waals surface area contributed by atoms with Crippen LogP contribution in [0.5, 0.6) is 0 Å². The average molecular weight is 580 g/mol. The van der Waals surface area contributed by atoms with Gasteiger partial charge in [-0.3, -0.25) is 4.79 Å². The lowest BCUT2D eigenvalue weighted by molar-refractivity contribution is -0.121. The highest BCUT2D eigenvalue weighted by molar-refractivity contribution is 6.13. The third kappa shape index (κ3) is 13.3. The normalized spacial score (nSPS) is 23.2. The summed E-state index contributed by atoms with van der Waals surface area (Å²) in [5.41, 5.74) is 9.47. The molecule has 0 aromatic carbocycles. The summed E-state index contributed by atoms with van der Waals surface area (Å²) in [6, 6.07) is 0. The third-order valence-electron chi connectivity index (χ3n) is 7.89. The summed E-state index contributed by atoms with van der Waals surface area (Å²) < 4.78 is 12.2. The van der Waals surface area contributed by atoms with Crippen molar-refractivity contribution in [3.05, 3.63) is 84.2 Å². The SMILES string of the molecule is C=CC(CC(=O)NC1=CC=CC(=N/C(=C)NCCNC(C)N)/C1=C\CC)CC1CCC(CC)C1.CC1=CC=C(F)CC1.